The standard InChI is InChI=1S/C13H20N2O2/c1-10(16)15-12-8-6-5-7-11(12)9-14-17-13(2,3)4/h5-8,14H,9H2,1-4H3,(H,15,16). The molecule has 1 aromatic rings. The molecule has 1 rings (SSSR count). The molecule has 0 heterocycles. The van der Waals surface area contributed by atoms with Crippen LogP contribution in [0, 0.1) is 0 Å². The van der Waals surface area contributed by atoms with Crippen molar-refractivity contribution in [2.24, 2.45) is 0 Å². The fourth-order valence-corrected chi connectivity index (χ4v) is 1.32. The largest absolute Gasteiger partial charge is 0.326 e. The van der Waals surface area contributed by atoms with E-state index in [0.29, 0.717) is 6.54 Å². The second kappa shape index (κ2) is 5.80. The molecule has 0 aliphatic carbocycles. The van der Waals surface area contributed by atoms with Crippen molar-refractivity contribution in [3.63, 3.8) is 0 Å². The number of para-hydroxylation sites is 1. The van der Waals surface area contributed by atoms with Gasteiger partial charge in [-0.3, -0.25) is 9.63 Å². The Bertz CT molecular complexity index is 383. The predicted octanol–water partition coefficient (Wildman–Crippen LogP) is 2.46. The molecule has 17 heavy (non-hydrogen) atoms. The van der Waals surface area contributed by atoms with Crippen LogP contribution in [0.4, 0.5) is 5.69 Å². The molecule has 0 radical (unpaired) electrons. The third-order valence-corrected chi connectivity index (χ3v) is 1.97. The monoisotopic (exact) mass is 236 g/mol. The van der Waals surface area contributed by atoms with Crippen LogP contribution >= 0.6 is 0 Å². The SMILES string of the molecule is CC(=O)Nc1ccccc1CNOC(C)(C)C. The Labute approximate surface area is 102 Å². The fraction of sp³-hybridized carbons (Fsp3) is 0.462. The van der Waals surface area contributed by atoms with Crippen LogP contribution in [0.15, 0.2) is 24.3 Å². The highest BCUT2D eigenvalue weighted by Crippen LogP contribution is 2.15. The summed E-state index contributed by atoms with van der Waals surface area (Å²) in [5.41, 5.74) is 4.47. The van der Waals surface area contributed by atoms with E-state index < -0.39 is 0 Å². The number of hydrogen-bond acceptors (Lipinski definition) is 3. The normalized spacial score (nSPS) is 11.3. The van der Waals surface area contributed by atoms with Crippen LogP contribution in [0.3, 0.4) is 0 Å². The third kappa shape index (κ3) is 5.47. The Morgan fingerprint density at radius 3 is 2.53 bits per heavy atom. The Balaban J connectivity index is 2.61. The minimum Gasteiger partial charge on any atom is -0.326 e. The molecular weight excluding hydrogens is 216 g/mol. The zero-order valence-electron chi connectivity index (χ0n) is 10.8. The molecule has 0 bridgehead atoms. The fourth-order valence-electron chi connectivity index (χ4n) is 1.32. The first kappa shape index (κ1) is 13.7. The van der Waals surface area contributed by atoms with E-state index in [-0.39, 0.29) is 11.5 Å². The van der Waals surface area contributed by atoms with Crippen molar-refractivity contribution < 1.29 is 9.63 Å². The Morgan fingerprint density at radius 1 is 1.29 bits per heavy atom. The number of hydroxylamine groups is 1. The molecule has 4 heteroatoms. The summed E-state index contributed by atoms with van der Waals surface area (Å²) < 4.78 is 0. The average Bonchev–Trinajstić information content (AvgIpc) is 2.18. The van der Waals surface area contributed by atoms with Crippen LogP contribution in [0.25, 0.3) is 0 Å². The summed E-state index contributed by atoms with van der Waals surface area (Å²) in [6.07, 6.45) is 0. The highest BCUT2D eigenvalue weighted by Gasteiger charge is 2.10. The molecule has 0 saturated carbocycles. The van der Waals surface area contributed by atoms with Crippen LogP contribution in [0.1, 0.15) is 33.3 Å². The van der Waals surface area contributed by atoms with Gasteiger partial charge < -0.3 is 5.32 Å². The highest BCUT2D eigenvalue weighted by atomic mass is 16.7. The lowest BCUT2D eigenvalue weighted by molar-refractivity contribution is -0.114. The number of benzene rings is 1. The van der Waals surface area contributed by atoms with E-state index in [0.717, 1.165) is 11.3 Å². The van der Waals surface area contributed by atoms with Gasteiger partial charge in [0.05, 0.1) is 5.60 Å². The molecule has 0 aromatic heterocycles. The van der Waals surface area contributed by atoms with Crippen molar-refractivity contribution in [1.82, 2.24) is 5.48 Å². The number of carbonyl (C=O) groups excluding carboxylic acids is 1. The quantitative estimate of drug-likeness (QED) is 0.790. The first-order chi connectivity index (χ1) is 7.88. The Hall–Kier alpha value is -1.39. The van der Waals surface area contributed by atoms with Crippen molar-refractivity contribution in [3.8, 4) is 0 Å². The van der Waals surface area contributed by atoms with E-state index in [2.05, 4.69) is 10.8 Å². The molecule has 0 aliphatic rings. The third-order valence-electron chi connectivity index (χ3n) is 1.97. The predicted molar refractivity (Wildman–Crippen MR) is 68.4 cm³/mol. The van der Waals surface area contributed by atoms with Gasteiger partial charge in [-0.15, -0.1) is 0 Å². The number of nitrogens with one attached hydrogen (secondary N) is 2. The molecule has 0 saturated heterocycles. The maximum Gasteiger partial charge on any atom is 0.221 e. The van der Waals surface area contributed by atoms with Gasteiger partial charge in [-0.2, -0.15) is 5.48 Å². The summed E-state index contributed by atoms with van der Waals surface area (Å²) in [5, 5.41) is 2.79. The number of anilines is 1. The first-order valence-electron chi connectivity index (χ1n) is 5.65. The average molecular weight is 236 g/mol. The van der Waals surface area contributed by atoms with Crippen molar-refractivity contribution in [2.75, 3.05) is 5.32 Å². The van der Waals surface area contributed by atoms with Gasteiger partial charge in [0.15, 0.2) is 0 Å². The molecule has 1 amide bonds. The van der Waals surface area contributed by atoms with Gasteiger partial charge in [-0.25, -0.2) is 0 Å². The smallest absolute Gasteiger partial charge is 0.221 e. The minimum absolute atomic E-state index is 0.0748. The molecule has 4 nitrogen and oxygen atoms in total. The summed E-state index contributed by atoms with van der Waals surface area (Å²) in [6.45, 7) is 7.96. The van der Waals surface area contributed by atoms with E-state index in [1.165, 1.54) is 6.92 Å². The lowest BCUT2D eigenvalue weighted by atomic mass is 10.2. The summed E-state index contributed by atoms with van der Waals surface area (Å²) in [7, 11) is 0. The van der Waals surface area contributed by atoms with Crippen molar-refractivity contribution >= 4 is 11.6 Å². The molecule has 0 spiro atoms. The zero-order valence-corrected chi connectivity index (χ0v) is 10.8. The van der Waals surface area contributed by atoms with Crippen LogP contribution < -0.4 is 10.8 Å². The van der Waals surface area contributed by atoms with E-state index in [9.17, 15) is 4.79 Å². The van der Waals surface area contributed by atoms with Crippen LogP contribution in [-0.2, 0) is 16.2 Å². The molecule has 0 aliphatic heterocycles. The van der Waals surface area contributed by atoms with E-state index in [1.54, 1.807) is 0 Å². The Kier molecular flexibility index (Phi) is 4.66. The van der Waals surface area contributed by atoms with Crippen LogP contribution in [0.2, 0.25) is 0 Å². The highest BCUT2D eigenvalue weighted by molar-refractivity contribution is 5.89. The minimum atomic E-state index is -0.233. The molecule has 0 fully saturated rings. The number of rotatable bonds is 4. The van der Waals surface area contributed by atoms with Crippen LogP contribution in [-0.4, -0.2) is 11.5 Å². The number of carbonyl (C=O) groups is 1. The van der Waals surface area contributed by atoms with E-state index >= 15 is 0 Å². The summed E-state index contributed by atoms with van der Waals surface area (Å²) in [4.78, 5) is 16.5. The maximum atomic E-state index is 11.0. The lowest BCUT2D eigenvalue weighted by Crippen LogP contribution is -2.29. The van der Waals surface area contributed by atoms with Crippen molar-refractivity contribution in [1.29, 1.82) is 0 Å². The second-order valence-electron chi connectivity index (χ2n) is 4.87. The number of amides is 1. The van der Waals surface area contributed by atoms with E-state index in [1.807, 2.05) is 45.0 Å². The van der Waals surface area contributed by atoms with E-state index in [4.69, 9.17) is 4.84 Å². The van der Waals surface area contributed by atoms with Gasteiger partial charge in [0.2, 0.25) is 5.91 Å². The second-order valence-corrected chi connectivity index (χ2v) is 4.87. The van der Waals surface area contributed by atoms with Crippen molar-refractivity contribution in [3.05, 3.63) is 29.8 Å². The van der Waals surface area contributed by atoms with Crippen LogP contribution in [0.5, 0.6) is 0 Å². The molecule has 0 atom stereocenters. The van der Waals surface area contributed by atoms with Gasteiger partial charge in [0.25, 0.3) is 0 Å². The summed E-state index contributed by atoms with van der Waals surface area (Å²) >= 11 is 0. The van der Waals surface area contributed by atoms with Gasteiger partial charge >= 0.3 is 0 Å². The summed E-state index contributed by atoms with van der Waals surface area (Å²) in [6, 6.07) is 7.64. The zero-order chi connectivity index (χ0) is 12.9. The molecule has 2 N–H and O–H groups in total. The van der Waals surface area contributed by atoms with Gasteiger partial charge in [-0.1, -0.05) is 18.2 Å². The van der Waals surface area contributed by atoms with Gasteiger partial charge in [0.1, 0.15) is 0 Å². The molecule has 1 aromatic carbocycles. The lowest BCUT2D eigenvalue weighted by Gasteiger charge is -2.20. The van der Waals surface area contributed by atoms with Crippen molar-refractivity contribution in [2.45, 2.75) is 39.8 Å². The van der Waals surface area contributed by atoms with Gasteiger partial charge in [-0.05, 0) is 32.4 Å². The summed E-state index contributed by atoms with van der Waals surface area (Å²) in [5.74, 6) is -0.0748. The topological polar surface area (TPSA) is 50.4 Å². The maximum absolute atomic E-state index is 11.0. The molecular formula is C13H20N2O2. The molecule has 0 unspecified atom stereocenters. The Morgan fingerprint density at radius 2 is 1.94 bits per heavy atom. The molecule has 94 valence electrons. The first-order valence-corrected chi connectivity index (χ1v) is 5.65. The van der Waals surface area contributed by atoms with Gasteiger partial charge in [0, 0.05) is 19.2 Å². The number of hydrogen-bond donors (Lipinski definition) is 2.